The number of anilines is 2. The minimum Gasteiger partial charge on any atom is -0.382 e. The van der Waals surface area contributed by atoms with E-state index in [9.17, 15) is 4.79 Å². The van der Waals surface area contributed by atoms with Gasteiger partial charge in [0.1, 0.15) is 10.6 Å². The molecule has 1 fully saturated rings. The van der Waals surface area contributed by atoms with Gasteiger partial charge in [-0.3, -0.25) is 4.79 Å². The summed E-state index contributed by atoms with van der Waals surface area (Å²) < 4.78 is 9.68. The predicted octanol–water partition coefficient (Wildman–Crippen LogP) is 1.48. The molecule has 0 aliphatic carbocycles. The van der Waals surface area contributed by atoms with E-state index in [1.54, 1.807) is 0 Å². The molecule has 0 unspecified atom stereocenters. The number of hydrogen-bond acceptors (Lipinski definition) is 6. The highest BCUT2D eigenvalue weighted by atomic mass is 32.1. The molecule has 112 valence electrons. The number of ether oxygens (including phenoxy) is 1. The minimum atomic E-state index is -0.177. The maximum Gasteiger partial charge on any atom is 0.258 e. The highest BCUT2D eigenvalue weighted by Gasteiger charge is 2.35. The van der Waals surface area contributed by atoms with Gasteiger partial charge in [-0.25, -0.2) is 0 Å². The summed E-state index contributed by atoms with van der Waals surface area (Å²) in [5.74, 6) is 0.133. The van der Waals surface area contributed by atoms with Crippen LogP contribution in [-0.4, -0.2) is 41.6 Å². The van der Waals surface area contributed by atoms with E-state index < -0.39 is 0 Å². The van der Waals surface area contributed by atoms with Gasteiger partial charge < -0.3 is 20.7 Å². The van der Waals surface area contributed by atoms with Gasteiger partial charge in [-0.15, -0.1) is 0 Å². The molecule has 1 aliphatic heterocycles. The zero-order valence-electron chi connectivity index (χ0n) is 12.4. The Balaban J connectivity index is 2.35. The standard InChI is InChI=1S/C13H22N4O2S/c1-8(2)15-11(18)9-10(14)16-20-12(9)17-5-6-19-7-13(17,3)4/h8H,5-7H2,1-4H3,(H2,14,16)(H,15,18). The number of aromatic nitrogens is 1. The summed E-state index contributed by atoms with van der Waals surface area (Å²) in [5.41, 5.74) is 6.20. The van der Waals surface area contributed by atoms with Gasteiger partial charge in [-0.05, 0) is 39.2 Å². The van der Waals surface area contributed by atoms with Crippen LogP contribution in [0.1, 0.15) is 38.1 Å². The first-order chi connectivity index (χ1) is 9.33. The zero-order valence-corrected chi connectivity index (χ0v) is 13.2. The van der Waals surface area contributed by atoms with Crippen molar-refractivity contribution in [1.29, 1.82) is 0 Å². The lowest BCUT2D eigenvalue weighted by Crippen LogP contribution is -2.53. The first kappa shape index (κ1) is 15.1. The van der Waals surface area contributed by atoms with Crippen molar-refractivity contribution >= 4 is 28.3 Å². The number of nitrogens with two attached hydrogens (primary N) is 1. The third-order valence-electron chi connectivity index (χ3n) is 3.24. The fourth-order valence-electron chi connectivity index (χ4n) is 2.26. The lowest BCUT2D eigenvalue weighted by molar-refractivity contribution is 0.0646. The van der Waals surface area contributed by atoms with Crippen LogP contribution in [0.4, 0.5) is 10.8 Å². The van der Waals surface area contributed by atoms with Gasteiger partial charge in [-0.1, -0.05) is 0 Å². The van der Waals surface area contributed by atoms with Crippen LogP contribution >= 0.6 is 11.5 Å². The average Bonchev–Trinajstić information content (AvgIpc) is 2.69. The lowest BCUT2D eigenvalue weighted by atomic mass is 10.0. The number of carbonyl (C=O) groups is 1. The fourth-order valence-corrected chi connectivity index (χ4v) is 3.26. The smallest absolute Gasteiger partial charge is 0.258 e. The van der Waals surface area contributed by atoms with Crippen molar-refractivity contribution in [2.45, 2.75) is 39.3 Å². The van der Waals surface area contributed by atoms with Crippen molar-refractivity contribution in [3.05, 3.63) is 5.56 Å². The van der Waals surface area contributed by atoms with Crippen LogP contribution in [0.25, 0.3) is 0 Å². The largest absolute Gasteiger partial charge is 0.382 e. The van der Waals surface area contributed by atoms with Crippen LogP contribution in [0.15, 0.2) is 0 Å². The van der Waals surface area contributed by atoms with Crippen molar-refractivity contribution in [3.63, 3.8) is 0 Å². The average molecular weight is 298 g/mol. The van der Waals surface area contributed by atoms with E-state index in [1.165, 1.54) is 11.5 Å². The second-order valence-corrected chi connectivity index (χ2v) is 6.64. The number of nitrogens with zero attached hydrogens (tertiary/aromatic N) is 2. The Hall–Kier alpha value is -1.34. The molecule has 1 aromatic rings. The van der Waals surface area contributed by atoms with Crippen LogP contribution < -0.4 is 16.0 Å². The molecule has 0 spiro atoms. The van der Waals surface area contributed by atoms with Gasteiger partial charge in [0.25, 0.3) is 5.91 Å². The topological polar surface area (TPSA) is 80.5 Å². The van der Waals surface area contributed by atoms with Gasteiger partial charge in [-0.2, -0.15) is 4.37 Å². The molecule has 0 aromatic carbocycles. The SMILES string of the molecule is CC(C)NC(=O)c1c(N)nsc1N1CCOCC1(C)C. The van der Waals surface area contributed by atoms with Gasteiger partial charge >= 0.3 is 0 Å². The molecule has 1 aliphatic rings. The van der Waals surface area contributed by atoms with Crippen molar-refractivity contribution < 1.29 is 9.53 Å². The van der Waals surface area contributed by atoms with Crippen LogP contribution in [0.2, 0.25) is 0 Å². The summed E-state index contributed by atoms with van der Waals surface area (Å²) in [6, 6.07) is 0.0624. The number of hydrogen-bond donors (Lipinski definition) is 2. The van der Waals surface area contributed by atoms with Gasteiger partial charge in [0.2, 0.25) is 0 Å². The van der Waals surface area contributed by atoms with Crippen molar-refractivity contribution in [2.24, 2.45) is 0 Å². The molecule has 0 radical (unpaired) electrons. The molecule has 20 heavy (non-hydrogen) atoms. The van der Waals surface area contributed by atoms with Crippen LogP contribution in [0, 0.1) is 0 Å². The van der Waals surface area contributed by atoms with E-state index in [0.717, 1.165) is 11.5 Å². The minimum absolute atomic E-state index is 0.0624. The Morgan fingerprint density at radius 1 is 1.55 bits per heavy atom. The van der Waals surface area contributed by atoms with Crippen molar-refractivity contribution in [2.75, 3.05) is 30.4 Å². The van der Waals surface area contributed by atoms with Gasteiger partial charge in [0.15, 0.2) is 5.82 Å². The lowest BCUT2D eigenvalue weighted by Gasteiger charge is -2.43. The first-order valence-corrected chi connectivity index (χ1v) is 7.51. The third kappa shape index (κ3) is 2.88. The summed E-state index contributed by atoms with van der Waals surface area (Å²) >= 11 is 1.27. The van der Waals surface area contributed by atoms with Crippen molar-refractivity contribution in [3.8, 4) is 0 Å². The maximum absolute atomic E-state index is 12.3. The molecular weight excluding hydrogens is 276 g/mol. The fraction of sp³-hybridized carbons (Fsp3) is 0.692. The van der Waals surface area contributed by atoms with Gasteiger partial charge in [0, 0.05) is 12.6 Å². The molecule has 7 heteroatoms. The summed E-state index contributed by atoms with van der Waals surface area (Å²) in [5, 5.41) is 3.71. The normalized spacial score (nSPS) is 18.4. The Kier molecular flexibility index (Phi) is 4.19. The van der Waals surface area contributed by atoms with E-state index in [0.29, 0.717) is 24.6 Å². The van der Waals surface area contributed by atoms with E-state index >= 15 is 0 Å². The summed E-state index contributed by atoms with van der Waals surface area (Å²) in [4.78, 5) is 14.5. The summed E-state index contributed by atoms with van der Waals surface area (Å²) in [7, 11) is 0. The van der Waals surface area contributed by atoms with Crippen LogP contribution in [0.3, 0.4) is 0 Å². The number of nitrogens with one attached hydrogen (secondary N) is 1. The van der Waals surface area contributed by atoms with E-state index in [2.05, 4.69) is 28.4 Å². The molecule has 3 N–H and O–H groups in total. The van der Waals surface area contributed by atoms with Crippen molar-refractivity contribution in [1.82, 2.24) is 9.69 Å². The molecule has 6 nitrogen and oxygen atoms in total. The van der Waals surface area contributed by atoms with Crippen LogP contribution in [-0.2, 0) is 4.74 Å². The second-order valence-electron chi connectivity index (χ2n) is 5.89. The molecule has 2 heterocycles. The molecule has 2 rings (SSSR count). The monoisotopic (exact) mass is 298 g/mol. The first-order valence-electron chi connectivity index (χ1n) is 6.74. The highest BCUT2D eigenvalue weighted by molar-refractivity contribution is 7.11. The summed E-state index contributed by atoms with van der Waals surface area (Å²) in [6.45, 7) is 10.0. The molecule has 1 amide bonds. The number of rotatable bonds is 3. The van der Waals surface area contributed by atoms with E-state index in [4.69, 9.17) is 10.5 Å². The Morgan fingerprint density at radius 2 is 2.25 bits per heavy atom. The number of morpholine rings is 1. The number of nitrogen functional groups attached to an aromatic ring is 1. The molecule has 1 saturated heterocycles. The quantitative estimate of drug-likeness (QED) is 0.883. The summed E-state index contributed by atoms with van der Waals surface area (Å²) in [6.07, 6.45) is 0. The van der Waals surface area contributed by atoms with Crippen LogP contribution in [0.5, 0.6) is 0 Å². The second kappa shape index (κ2) is 5.57. The number of carbonyl (C=O) groups excluding carboxylic acids is 1. The Morgan fingerprint density at radius 3 is 2.85 bits per heavy atom. The predicted molar refractivity (Wildman–Crippen MR) is 81.4 cm³/mol. The molecule has 0 atom stereocenters. The van der Waals surface area contributed by atoms with E-state index in [-0.39, 0.29) is 17.5 Å². The third-order valence-corrected chi connectivity index (χ3v) is 4.12. The molecular formula is C13H22N4O2S. The van der Waals surface area contributed by atoms with Gasteiger partial charge in [0.05, 0.1) is 18.8 Å². The number of amides is 1. The highest BCUT2D eigenvalue weighted by Crippen LogP contribution is 2.36. The Bertz CT molecular complexity index is 499. The zero-order chi connectivity index (χ0) is 14.9. The van der Waals surface area contributed by atoms with E-state index in [1.807, 2.05) is 13.8 Å². The molecule has 1 aromatic heterocycles. The molecule has 0 bridgehead atoms. The maximum atomic E-state index is 12.3. The molecule has 0 saturated carbocycles. The Labute approximate surface area is 123 Å².